The van der Waals surface area contributed by atoms with Gasteiger partial charge in [0.15, 0.2) is 0 Å². The zero-order chi connectivity index (χ0) is 21.4. The molecule has 14 nitrogen and oxygen atoms in total. The van der Waals surface area contributed by atoms with E-state index >= 15 is 0 Å². The monoisotopic (exact) mass is 418 g/mol. The summed E-state index contributed by atoms with van der Waals surface area (Å²) in [6.07, 6.45) is 0.212. The molecule has 0 aromatic rings. The van der Waals surface area contributed by atoms with E-state index in [1.54, 1.807) is 4.90 Å². The molecule has 0 bridgehead atoms. The first-order valence-electron chi connectivity index (χ1n) is 9.18. The fourth-order valence-electron chi connectivity index (χ4n) is 1.96. The van der Waals surface area contributed by atoms with Crippen molar-refractivity contribution in [1.82, 2.24) is 4.90 Å². The summed E-state index contributed by atoms with van der Waals surface area (Å²) in [5.41, 5.74) is 16.4. The number of hydrogen-bond donors (Lipinski definition) is 1. The topological polar surface area (TPSA) is 190 Å². The van der Waals surface area contributed by atoms with Crippen LogP contribution in [0.25, 0.3) is 20.9 Å². The Morgan fingerprint density at radius 2 is 1.24 bits per heavy atom. The van der Waals surface area contributed by atoms with Crippen molar-refractivity contribution in [3.63, 3.8) is 0 Å². The number of carbonyl (C=O) groups excluding carboxylic acids is 1. The maximum atomic E-state index is 12.4. The Balaban J connectivity index is 4.08. The van der Waals surface area contributed by atoms with Gasteiger partial charge in [0.25, 0.3) is 0 Å². The Bertz CT molecular complexity index is 471. The molecule has 0 aliphatic heterocycles. The Kier molecular flexibility index (Phi) is 20.5. The molecule has 0 heterocycles. The van der Waals surface area contributed by atoms with E-state index in [4.69, 9.17) is 35.9 Å². The largest absolute Gasteiger partial charge is 0.379 e. The third kappa shape index (κ3) is 19.0. The molecular weight excluding hydrogens is 388 g/mol. The SMILES string of the molecule is [N-]=[N+]=NCCOCCN(CCOCCN=[N+]=[N-])C(=O)CCOCCOCCON. The van der Waals surface area contributed by atoms with Crippen LogP contribution in [0.4, 0.5) is 0 Å². The molecule has 0 aromatic carbocycles. The van der Waals surface area contributed by atoms with Crippen LogP contribution < -0.4 is 5.90 Å². The van der Waals surface area contributed by atoms with Crippen molar-refractivity contribution >= 4 is 5.91 Å². The smallest absolute Gasteiger partial charge is 0.225 e. The van der Waals surface area contributed by atoms with E-state index in [-0.39, 0.29) is 45.2 Å². The fourth-order valence-corrected chi connectivity index (χ4v) is 1.96. The zero-order valence-corrected chi connectivity index (χ0v) is 16.6. The first-order valence-corrected chi connectivity index (χ1v) is 9.18. The molecule has 0 aromatic heterocycles. The maximum absolute atomic E-state index is 12.4. The molecule has 0 aliphatic rings. The van der Waals surface area contributed by atoms with E-state index in [1.807, 2.05) is 0 Å². The number of azide groups is 2. The average molecular weight is 418 g/mol. The molecular formula is C15H30N8O6. The Morgan fingerprint density at radius 1 is 0.759 bits per heavy atom. The fraction of sp³-hybridized carbons (Fsp3) is 0.933. The summed E-state index contributed by atoms with van der Waals surface area (Å²) in [6, 6.07) is 0. The first kappa shape index (κ1) is 26.9. The summed E-state index contributed by atoms with van der Waals surface area (Å²) in [4.78, 5) is 23.6. The Hall–Kier alpha value is -2.15. The molecule has 0 aliphatic carbocycles. The van der Waals surface area contributed by atoms with Crippen LogP contribution in [0.15, 0.2) is 10.2 Å². The van der Waals surface area contributed by atoms with Crippen LogP contribution in [0, 0.1) is 0 Å². The zero-order valence-electron chi connectivity index (χ0n) is 16.6. The van der Waals surface area contributed by atoms with Crippen molar-refractivity contribution in [2.75, 3.05) is 85.6 Å². The van der Waals surface area contributed by atoms with Gasteiger partial charge in [-0.2, -0.15) is 0 Å². The van der Waals surface area contributed by atoms with Crippen molar-refractivity contribution in [2.45, 2.75) is 6.42 Å². The second kappa shape index (κ2) is 22.1. The second-order valence-corrected chi connectivity index (χ2v) is 5.36. The van der Waals surface area contributed by atoms with Gasteiger partial charge in [-0.15, -0.1) is 0 Å². The molecule has 0 atom stereocenters. The minimum atomic E-state index is -0.0975. The number of amides is 1. The molecule has 0 saturated heterocycles. The third-order valence-electron chi connectivity index (χ3n) is 3.34. The van der Waals surface area contributed by atoms with Crippen molar-refractivity contribution < 1.29 is 28.6 Å². The van der Waals surface area contributed by atoms with Crippen molar-refractivity contribution in [3.05, 3.63) is 20.9 Å². The third-order valence-corrected chi connectivity index (χ3v) is 3.34. The Labute approximate surface area is 169 Å². The molecule has 2 N–H and O–H groups in total. The van der Waals surface area contributed by atoms with Gasteiger partial charge in [-0.05, 0) is 11.1 Å². The number of nitrogens with zero attached hydrogens (tertiary/aromatic N) is 7. The van der Waals surface area contributed by atoms with Crippen molar-refractivity contribution in [1.29, 1.82) is 0 Å². The van der Waals surface area contributed by atoms with E-state index in [9.17, 15) is 4.79 Å². The molecule has 0 rings (SSSR count). The minimum absolute atomic E-state index is 0.0975. The van der Waals surface area contributed by atoms with Gasteiger partial charge in [0, 0.05) is 36.0 Å². The summed E-state index contributed by atoms with van der Waals surface area (Å²) in [7, 11) is 0. The quantitative estimate of drug-likeness (QED) is 0.0935. The first-order chi connectivity index (χ1) is 14.3. The van der Waals surface area contributed by atoms with Crippen LogP contribution in [0.5, 0.6) is 0 Å². The van der Waals surface area contributed by atoms with Gasteiger partial charge in [-0.1, -0.05) is 10.2 Å². The second-order valence-electron chi connectivity index (χ2n) is 5.36. The normalized spacial score (nSPS) is 10.2. The van der Waals surface area contributed by atoms with Gasteiger partial charge < -0.3 is 28.7 Å². The molecule has 1 amide bonds. The summed E-state index contributed by atoms with van der Waals surface area (Å²) >= 11 is 0. The van der Waals surface area contributed by atoms with Gasteiger partial charge in [-0.25, -0.2) is 5.90 Å². The van der Waals surface area contributed by atoms with E-state index in [0.29, 0.717) is 52.7 Å². The summed E-state index contributed by atoms with van der Waals surface area (Å²) in [5, 5.41) is 6.74. The van der Waals surface area contributed by atoms with Crippen LogP contribution >= 0.6 is 0 Å². The number of hydrogen-bond acceptors (Lipinski definition) is 9. The van der Waals surface area contributed by atoms with E-state index in [0.717, 1.165) is 0 Å². The molecule has 0 fully saturated rings. The minimum Gasteiger partial charge on any atom is -0.379 e. The maximum Gasteiger partial charge on any atom is 0.225 e. The van der Waals surface area contributed by atoms with Crippen LogP contribution in [0.2, 0.25) is 0 Å². The van der Waals surface area contributed by atoms with Crippen LogP contribution in [0.1, 0.15) is 6.42 Å². The van der Waals surface area contributed by atoms with Crippen molar-refractivity contribution in [3.8, 4) is 0 Å². The number of ether oxygens (including phenoxy) is 4. The van der Waals surface area contributed by atoms with Crippen LogP contribution in [0.3, 0.4) is 0 Å². The molecule has 0 unspecified atom stereocenters. The highest BCUT2D eigenvalue weighted by atomic mass is 16.6. The molecule has 14 heteroatoms. The lowest BCUT2D eigenvalue weighted by Crippen LogP contribution is -2.37. The average Bonchev–Trinajstić information content (AvgIpc) is 2.73. The van der Waals surface area contributed by atoms with Gasteiger partial charge in [0.05, 0.1) is 65.9 Å². The number of rotatable bonds is 21. The molecule has 166 valence electrons. The lowest BCUT2D eigenvalue weighted by molar-refractivity contribution is -0.134. The van der Waals surface area contributed by atoms with Crippen molar-refractivity contribution in [2.24, 2.45) is 16.1 Å². The number of carbonyl (C=O) groups is 1. The predicted octanol–water partition coefficient (Wildman–Crippen LogP) is 0.782. The summed E-state index contributed by atoms with van der Waals surface area (Å²) < 4.78 is 21.3. The van der Waals surface area contributed by atoms with Gasteiger partial charge >= 0.3 is 0 Å². The lowest BCUT2D eigenvalue weighted by Gasteiger charge is -2.22. The molecule has 0 radical (unpaired) electrons. The molecule has 29 heavy (non-hydrogen) atoms. The number of nitrogens with two attached hydrogens (primary N) is 1. The highest BCUT2D eigenvalue weighted by molar-refractivity contribution is 5.76. The van der Waals surface area contributed by atoms with E-state index in [1.165, 1.54) is 0 Å². The summed E-state index contributed by atoms with van der Waals surface area (Å²) in [5.74, 6) is 4.78. The van der Waals surface area contributed by atoms with Crippen LogP contribution in [-0.2, 0) is 28.6 Å². The van der Waals surface area contributed by atoms with Crippen LogP contribution in [-0.4, -0.2) is 96.4 Å². The highest BCUT2D eigenvalue weighted by Crippen LogP contribution is 1.97. The van der Waals surface area contributed by atoms with Gasteiger partial charge in [-0.3, -0.25) is 4.79 Å². The summed E-state index contributed by atoms with van der Waals surface area (Å²) in [6.45, 7) is 4.11. The van der Waals surface area contributed by atoms with E-state index in [2.05, 4.69) is 24.9 Å². The standard InChI is InChI=1S/C15H30N8O6/c16-21-19-2-7-26-9-4-23(5-10-27-8-3-20-22-17)15(24)1-6-25-11-12-28-13-14-29-18/h1-14,18H2. The molecule has 0 saturated carbocycles. The highest BCUT2D eigenvalue weighted by Gasteiger charge is 2.13. The lowest BCUT2D eigenvalue weighted by atomic mass is 10.3. The van der Waals surface area contributed by atoms with E-state index < -0.39 is 0 Å². The van der Waals surface area contributed by atoms with Gasteiger partial charge in [0.2, 0.25) is 5.91 Å². The Morgan fingerprint density at radius 3 is 1.76 bits per heavy atom. The van der Waals surface area contributed by atoms with Gasteiger partial charge in [0.1, 0.15) is 0 Å². The predicted molar refractivity (Wildman–Crippen MR) is 103 cm³/mol. The molecule has 0 spiro atoms.